The second-order valence-electron chi connectivity index (χ2n) is 2.20. The van der Waals surface area contributed by atoms with Gasteiger partial charge in [-0.05, 0) is 14.0 Å². The SMILES string of the molecule is C#CCN(C)C(C)CN. The fourth-order valence-electron chi connectivity index (χ4n) is 0.480. The van der Waals surface area contributed by atoms with Crippen LogP contribution >= 0.6 is 0 Å². The van der Waals surface area contributed by atoms with E-state index in [1.807, 2.05) is 11.9 Å². The van der Waals surface area contributed by atoms with Crippen molar-refractivity contribution in [2.75, 3.05) is 20.1 Å². The van der Waals surface area contributed by atoms with Gasteiger partial charge in [0.05, 0.1) is 6.54 Å². The molecule has 2 N–H and O–H groups in total. The van der Waals surface area contributed by atoms with E-state index in [1.54, 1.807) is 0 Å². The van der Waals surface area contributed by atoms with Crippen LogP contribution in [0.4, 0.5) is 0 Å². The molecule has 0 saturated heterocycles. The predicted molar refractivity (Wildman–Crippen MR) is 40.0 cm³/mol. The van der Waals surface area contributed by atoms with Crippen LogP contribution in [-0.4, -0.2) is 31.1 Å². The van der Waals surface area contributed by atoms with Crippen LogP contribution in [0.15, 0.2) is 0 Å². The van der Waals surface area contributed by atoms with E-state index in [4.69, 9.17) is 12.2 Å². The van der Waals surface area contributed by atoms with E-state index in [-0.39, 0.29) is 0 Å². The summed E-state index contributed by atoms with van der Waals surface area (Å²) in [7, 11) is 1.97. The third-order valence-electron chi connectivity index (χ3n) is 1.43. The van der Waals surface area contributed by atoms with E-state index in [9.17, 15) is 0 Å². The molecule has 0 heterocycles. The molecule has 0 aromatic carbocycles. The van der Waals surface area contributed by atoms with Crippen molar-refractivity contribution in [3.05, 3.63) is 0 Å². The maximum absolute atomic E-state index is 5.39. The van der Waals surface area contributed by atoms with Crippen LogP contribution in [0.2, 0.25) is 0 Å². The van der Waals surface area contributed by atoms with E-state index >= 15 is 0 Å². The number of hydrogen-bond donors (Lipinski definition) is 1. The van der Waals surface area contributed by atoms with E-state index in [0.29, 0.717) is 19.1 Å². The lowest BCUT2D eigenvalue weighted by Crippen LogP contribution is -2.35. The van der Waals surface area contributed by atoms with Gasteiger partial charge >= 0.3 is 0 Å². The lowest BCUT2D eigenvalue weighted by Gasteiger charge is -2.19. The summed E-state index contributed by atoms with van der Waals surface area (Å²) in [5, 5.41) is 0. The summed E-state index contributed by atoms with van der Waals surface area (Å²) in [5.74, 6) is 2.55. The Morgan fingerprint density at radius 2 is 2.33 bits per heavy atom. The molecule has 52 valence electrons. The molecule has 0 radical (unpaired) electrons. The molecule has 0 aliphatic rings. The second kappa shape index (κ2) is 4.37. The maximum atomic E-state index is 5.39. The molecule has 0 amide bonds. The highest BCUT2D eigenvalue weighted by atomic mass is 15.1. The van der Waals surface area contributed by atoms with Gasteiger partial charge in [-0.2, -0.15) is 0 Å². The van der Waals surface area contributed by atoms with Crippen LogP contribution in [0.1, 0.15) is 6.92 Å². The Balaban J connectivity index is 3.48. The van der Waals surface area contributed by atoms with Crippen molar-refractivity contribution in [2.24, 2.45) is 5.73 Å². The zero-order valence-corrected chi connectivity index (χ0v) is 6.09. The van der Waals surface area contributed by atoms with Gasteiger partial charge in [0.25, 0.3) is 0 Å². The molecular weight excluding hydrogens is 112 g/mol. The molecule has 0 rings (SSSR count). The highest BCUT2D eigenvalue weighted by molar-refractivity contribution is 4.88. The average Bonchev–Trinajstić information content (AvgIpc) is 1.87. The topological polar surface area (TPSA) is 29.3 Å². The van der Waals surface area contributed by atoms with Crippen molar-refractivity contribution in [1.29, 1.82) is 0 Å². The minimum Gasteiger partial charge on any atom is -0.329 e. The minimum absolute atomic E-state index is 0.390. The Labute approximate surface area is 57.0 Å². The Kier molecular flexibility index (Phi) is 4.12. The summed E-state index contributed by atoms with van der Waals surface area (Å²) in [6.45, 7) is 3.40. The molecule has 1 unspecified atom stereocenters. The first-order chi connectivity index (χ1) is 4.22. The number of terminal acetylenes is 1. The van der Waals surface area contributed by atoms with E-state index in [1.165, 1.54) is 0 Å². The van der Waals surface area contributed by atoms with E-state index in [0.717, 1.165) is 0 Å². The number of nitrogens with two attached hydrogens (primary N) is 1. The zero-order chi connectivity index (χ0) is 7.28. The van der Waals surface area contributed by atoms with Crippen molar-refractivity contribution in [3.8, 4) is 12.3 Å². The zero-order valence-electron chi connectivity index (χ0n) is 6.09. The van der Waals surface area contributed by atoms with Gasteiger partial charge in [0, 0.05) is 12.6 Å². The summed E-state index contributed by atoms with van der Waals surface area (Å²) >= 11 is 0. The summed E-state index contributed by atoms with van der Waals surface area (Å²) < 4.78 is 0. The van der Waals surface area contributed by atoms with Gasteiger partial charge in [0.2, 0.25) is 0 Å². The lowest BCUT2D eigenvalue weighted by atomic mass is 10.3. The van der Waals surface area contributed by atoms with Crippen LogP contribution < -0.4 is 5.73 Å². The van der Waals surface area contributed by atoms with Gasteiger partial charge in [-0.1, -0.05) is 5.92 Å². The number of likely N-dealkylation sites (N-methyl/N-ethyl adjacent to an activating group) is 1. The van der Waals surface area contributed by atoms with Gasteiger partial charge in [-0.3, -0.25) is 4.90 Å². The van der Waals surface area contributed by atoms with Crippen molar-refractivity contribution in [3.63, 3.8) is 0 Å². The first kappa shape index (κ1) is 8.48. The monoisotopic (exact) mass is 126 g/mol. The minimum atomic E-state index is 0.390. The van der Waals surface area contributed by atoms with Crippen molar-refractivity contribution >= 4 is 0 Å². The standard InChI is InChI=1S/C7H14N2/c1-4-5-9(3)7(2)6-8/h1,7H,5-6,8H2,2-3H3. The molecule has 0 aliphatic heterocycles. The third kappa shape index (κ3) is 3.12. The third-order valence-corrected chi connectivity index (χ3v) is 1.43. The van der Waals surface area contributed by atoms with Crippen molar-refractivity contribution < 1.29 is 0 Å². The largest absolute Gasteiger partial charge is 0.329 e. The predicted octanol–water partition coefficient (Wildman–Crippen LogP) is -0.101. The molecular formula is C7H14N2. The van der Waals surface area contributed by atoms with Crippen LogP contribution in [0.25, 0.3) is 0 Å². The average molecular weight is 126 g/mol. The number of rotatable bonds is 3. The van der Waals surface area contributed by atoms with Crippen LogP contribution in [0, 0.1) is 12.3 Å². The summed E-state index contributed by atoms with van der Waals surface area (Å²) in [6, 6.07) is 0.390. The van der Waals surface area contributed by atoms with Crippen molar-refractivity contribution in [2.45, 2.75) is 13.0 Å². The van der Waals surface area contributed by atoms with Crippen LogP contribution in [0.5, 0.6) is 0 Å². The Morgan fingerprint density at radius 1 is 1.78 bits per heavy atom. The second-order valence-corrected chi connectivity index (χ2v) is 2.20. The summed E-state index contributed by atoms with van der Waals surface area (Å²) in [6.07, 6.45) is 5.09. The van der Waals surface area contributed by atoms with Gasteiger partial charge in [-0.15, -0.1) is 6.42 Å². The fraction of sp³-hybridized carbons (Fsp3) is 0.714. The van der Waals surface area contributed by atoms with Gasteiger partial charge in [0.15, 0.2) is 0 Å². The first-order valence-electron chi connectivity index (χ1n) is 3.06. The highest BCUT2D eigenvalue weighted by Crippen LogP contribution is 1.89. The van der Waals surface area contributed by atoms with E-state index < -0.39 is 0 Å². The molecule has 2 nitrogen and oxygen atoms in total. The van der Waals surface area contributed by atoms with Crippen molar-refractivity contribution in [1.82, 2.24) is 4.90 Å². The molecule has 1 atom stereocenters. The quantitative estimate of drug-likeness (QED) is 0.535. The Morgan fingerprint density at radius 3 is 2.67 bits per heavy atom. The molecule has 0 aromatic rings. The lowest BCUT2D eigenvalue weighted by molar-refractivity contribution is 0.294. The normalized spacial score (nSPS) is 13.2. The molecule has 0 spiro atoms. The highest BCUT2D eigenvalue weighted by Gasteiger charge is 2.02. The molecule has 2 heteroatoms. The maximum Gasteiger partial charge on any atom is 0.0599 e. The molecule has 0 aliphatic carbocycles. The van der Waals surface area contributed by atoms with Crippen LogP contribution in [-0.2, 0) is 0 Å². The van der Waals surface area contributed by atoms with E-state index in [2.05, 4.69) is 12.8 Å². The van der Waals surface area contributed by atoms with Crippen LogP contribution in [0.3, 0.4) is 0 Å². The smallest absolute Gasteiger partial charge is 0.0599 e. The number of hydrogen-bond acceptors (Lipinski definition) is 2. The Hall–Kier alpha value is -0.520. The molecule has 0 saturated carbocycles. The summed E-state index contributed by atoms with van der Waals surface area (Å²) in [5.41, 5.74) is 5.39. The first-order valence-corrected chi connectivity index (χ1v) is 3.06. The van der Waals surface area contributed by atoms with Gasteiger partial charge < -0.3 is 5.73 Å². The Bertz CT molecular complexity index is 104. The number of nitrogens with zero attached hydrogens (tertiary/aromatic N) is 1. The molecule has 0 bridgehead atoms. The molecule has 0 fully saturated rings. The van der Waals surface area contributed by atoms with Gasteiger partial charge in [-0.25, -0.2) is 0 Å². The van der Waals surface area contributed by atoms with Gasteiger partial charge in [0.1, 0.15) is 0 Å². The fourth-order valence-corrected chi connectivity index (χ4v) is 0.480. The molecule has 9 heavy (non-hydrogen) atoms. The molecule has 0 aromatic heterocycles. The summed E-state index contributed by atoms with van der Waals surface area (Å²) in [4.78, 5) is 2.04.